The first-order valence-corrected chi connectivity index (χ1v) is 7.65. The lowest BCUT2D eigenvalue weighted by Gasteiger charge is -2.37. The molecule has 4 heteroatoms. The van der Waals surface area contributed by atoms with Crippen LogP contribution in [0, 0.1) is 6.92 Å². The molecule has 94 valence electrons. The van der Waals surface area contributed by atoms with E-state index in [0.717, 1.165) is 11.1 Å². The van der Waals surface area contributed by atoms with Crippen LogP contribution in [0.4, 0.5) is 0 Å². The summed E-state index contributed by atoms with van der Waals surface area (Å²) < 4.78 is 23.8. The summed E-state index contributed by atoms with van der Waals surface area (Å²) in [5.41, 5.74) is 1.87. The quantitative estimate of drug-likeness (QED) is 0.830. The minimum Gasteiger partial charge on any atom is -0.303 e. The van der Waals surface area contributed by atoms with E-state index in [1.54, 1.807) is 0 Å². The average molecular weight is 253 g/mol. The van der Waals surface area contributed by atoms with Crippen molar-refractivity contribution in [1.29, 1.82) is 0 Å². The Kier molecular flexibility index (Phi) is 3.04. The van der Waals surface area contributed by atoms with Gasteiger partial charge in [-0.15, -0.1) is 0 Å². The third-order valence-corrected chi connectivity index (χ3v) is 5.13. The van der Waals surface area contributed by atoms with Crippen LogP contribution in [0.1, 0.15) is 31.0 Å². The van der Waals surface area contributed by atoms with Gasteiger partial charge in [0.15, 0.2) is 9.84 Å². The number of sulfone groups is 1. The van der Waals surface area contributed by atoms with Crippen LogP contribution in [0.15, 0.2) is 24.3 Å². The SMILES string of the molecule is Cc1ccccc1C1CS(=O)(=O)CC(C)(C)N1. The molecule has 0 aliphatic carbocycles. The molecule has 17 heavy (non-hydrogen) atoms. The number of hydrogen-bond acceptors (Lipinski definition) is 3. The lowest BCUT2D eigenvalue weighted by molar-refractivity contribution is 0.359. The van der Waals surface area contributed by atoms with Crippen molar-refractivity contribution in [2.45, 2.75) is 32.4 Å². The molecule has 1 aromatic carbocycles. The van der Waals surface area contributed by atoms with Gasteiger partial charge in [-0.05, 0) is 31.9 Å². The van der Waals surface area contributed by atoms with Crippen LogP contribution in [0.25, 0.3) is 0 Å². The summed E-state index contributed by atoms with van der Waals surface area (Å²) in [6, 6.07) is 7.86. The fourth-order valence-electron chi connectivity index (χ4n) is 2.56. The molecule has 1 unspecified atom stereocenters. The molecule has 1 aliphatic rings. The van der Waals surface area contributed by atoms with Crippen molar-refractivity contribution in [2.24, 2.45) is 0 Å². The zero-order valence-electron chi connectivity index (χ0n) is 10.5. The minimum atomic E-state index is -2.97. The van der Waals surface area contributed by atoms with Crippen LogP contribution in [0.2, 0.25) is 0 Å². The van der Waals surface area contributed by atoms with Gasteiger partial charge in [-0.2, -0.15) is 0 Å². The topological polar surface area (TPSA) is 46.2 Å². The van der Waals surface area contributed by atoms with E-state index in [1.807, 2.05) is 45.0 Å². The highest BCUT2D eigenvalue weighted by molar-refractivity contribution is 7.91. The van der Waals surface area contributed by atoms with Gasteiger partial charge in [0.1, 0.15) is 0 Å². The van der Waals surface area contributed by atoms with E-state index in [9.17, 15) is 8.42 Å². The van der Waals surface area contributed by atoms with Crippen LogP contribution in [-0.2, 0) is 9.84 Å². The van der Waals surface area contributed by atoms with Crippen LogP contribution in [0.5, 0.6) is 0 Å². The highest BCUT2D eigenvalue weighted by Crippen LogP contribution is 2.27. The number of nitrogens with one attached hydrogen (secondary N) is 1. The Morgan fingerprint density at radius 1 is 1.29 bits per heavy atom. The van der Waals surface area contributed by atoms with Gasteiger partial charge in [-0.1, -0.05) is 24.3 Å². The summed E-state index contributed by atoms with van der Waals surface area (Å²) in [6.45, 7) is 5.90. The second-order valence-corrected chi connectivity index (χ2v) is 7.60. The van der Waals surface area contributed by atoms with Crippen LogP contribution in [0.3, 0.4) is 0 Å². The molecule has 0 radical (unpaired) electrons. The molecule has 1 heterocycles. The van der Waals surface area contributed by atoms with Crippen molar-refractivity contribution in [1.82, 2.24) is 5.32 Å². The average Bonchev–Trinajstić information content (AvgIpc) is 2.13. The van der Waals surface area contributed by atoms with Gasteiger partial charge in [0.25, 0.3) is 0 Å². The van der Waals surface area contributed by atoms with Gasteiger partial charge >= 0.3 is 0 Å². The molecule has 0 amide bonds. The van der Waals surface area contributed by atoms with E-state index in [0.29, 0.717) is 0 Å². The zero-order valence-corrected chi connectivity index (χ0v) is 11.3. The first-order valence-electron chi connectivity index (χ1n) is 5.83. The Labute approximate surface area is 103 Å². The molecular weight excluding hydrogens is 234 g/mol. The molecule has 0 spiro atoms. The summed E-state index contributed by atoms with van der Waals surface area (Å²) in [5, 5.41) is 3.43. The number of aryl methyl sites for hydroxylation is 1. The first kappa shape index (κ1) is 12.6. The summed E-state index contributed by atoms with van der Waals surface area (Å²) in [4.78, 5) is 0. The molecule has 0 saturated carbocycles. The van der Waals surface area contributed by atoms with Gasteiger partial charge in [0, 0.05) is 11.6 Å². The highest BCUT2D eigenvalue weighted by Gasteiger charge is 2.37. The maximum absolute atomic E-state index is 11.9. The van der Waals surface area contributed by atoms with Gasteiger partial charge in [-0.25, -0.2) is 8.42 Å². The van der Waals surface area contributed by atoms with E-state index in [4.69, 9.17) is 0 Å². The van der Waals surface area contributed by atoms with E-state index >= 15 is 0 Å². The fourth-order valence-corrected chi connectivity index (χ4v) is 4.63. The highest BCUT2D eigenvalue weighted by atomic mass is 32.2. The maximum Gasteiger partial charge on any atom is 0.153 e. The lowest BCUT2D eigenvalue weighted by atomic mass is 9.98. The van der Waals surface area contributed by atoms with Crippen LogP contribution in [-0.4, -0.2) is 25.5 Å². The predicted octanol–water partition coefficient (Wildman–Crippen LogP) is 1.83. The molecule has 1 atom stereocenters. The van der Waals surface area contributed by atoms with Crippen molar-refractivity contribution < 1.29 is 8.42 Å². The molecular formula is C13H19NO2S. The first-order chi connectivity index (χ1) is 7.79. The van der Waals surface area contributed by atoms with Crippen LogP contribution >= 0.6 is 0 Å². The Bertz CT molecular complexity index is 520. The fraction of sp³-hybridized carbons (Fsp3) is 0.538. The number of hydrogen-bond donors (Lipinski definition) is 1. The predicted molar refractivity (Wildman–Crippen MR) is 69.8 cm³/mol. The summed E-state index contributed by atoms with van der Waals surface area (Å²) in [7, 11) is -2.97. The number of rotatable bonds is 1. The van der Waals surface area contributed by atoms with Crippen molar-refractivity contribution in [3.05, 3.63) is 35.4 Å². The van der Waals surface area contributed by atoms with E-state index < -0.39 is 9.84 Å². The molecule has 2 rings (SSSR count). The smallest absolute Gasteiger partial charge is 0.153 e. The Morgan fingerprint density at radius 3 is 2.53 bits per heavy atom. The Hall–Kier alpha value is -0.870. The molecule has 0 aromatic heterocycles. The largest absolute Gasteiger partial charge is 0.303 e. The van der Waals surface area contributed by atoms with Crippen molar-refractivity contribution in [3.8, 4) is 0 Å². The standard InChI is InChI=1S/C13H19NO2S/c1-10-6-4-5-7-11(10)12-8-17(15,16)9-13(2,3)14-12/h4-7,12,14H,8-9H2,1-3H3. The van der Waals surface area contributed by atoms with Gasteiger partial charge in [-0.3, -0.25) is 0 Å². The van der Waals surface area contributed by atoms with Gasteiger partial charge in [0.05, 0.1) is 11.5 Å². The number of benzene rings is 1. The van der Waals surface area contributed by atoms with Gasteiger partial charge < -0.3 is 5.32 Å². The third-order valence-electron chi connectivity index (χ3n) is 3.13. The molecule has 1 fully saturated rings. The molecule has 1 N–H and O–H groups in total. The van der Waals surface area contributed by atoms with Crippen molar-refractivity contribution >= 4 is 9.84 Å². The van der Waals surface area contributed by atoms with E-state index in [2.05, 4.69) is 5.32 Å². The molecule has 1 aliphatic heterocycles. The molecule has 3 nitrogen and oxygen atoms in total. The summed E-state index contributed by atoms with van der Waals surface area (Å²) in [6.07, 6.45) is 0. The minimum absolute atomic E-state index is 0.0926. The Balaban J connectivity index is 2.37. The zero-order chi connectivity index (χ0) is 12.7. The normalized spacial score (nSPS) is 26.6. The van der Waals surface area contributed by atoms with E-state index in [1.165, 1.54) is 0 Å². The summed E-state index contributed by atoms with van der Waals surface area (Å²) in [5.74, 6) is 0.406. The second-order valence-electron chi connectivity index (χ2n) is 5.49. The monoisotopic (exact) mass is 253 g/mol. The Morgan fingerprint density at radius 2 is 1.94 bits per heavy atom. The lowest BCUT2D eigenvalue weighted by Crippen LogP contribution is -2.54. The molecule has 1 aromatic rings. The second kappa shape index (κ2) is 4.10. The van der Waals surface area contributed by atoms with E-state index in [-0.39, 0.29) is 23.1 Å². The van der Waals surface area contributed by atoms with Gasteiger partial charge in [0.2, 0.25) is 0 Å². The summed E-state index contributed by atoms with van der Waals surface area (Å²) >= 11 is 0. The van der Waals surface area contributed by atoms with Crippen LogP contribution < -0.4 is 5.32 Å². The van der Waals surface area contributed by atoms with Crippen molar-refractivity contribution in [2.75, 3.05) is 11.5 Å². The van der Waals surface area contributed by atoms with Crippen molar-refractivity contribution in [3.63, 3.8) is 0 Å². The third kappa shape index (κ3) is 2.87. The molecule has 0 bridgehead atoms. The molecule has 1 saturated heterocycles. The maximum atomic E-state index is 11.9.